The molecule has 0 aliphatic heterocycles. The normalized spacial score (nSPS) is 11.4. The number of nitrogens with two attached hydrogens (primary N) is 1. The summed E-state index contributed by atoms with van der Waals surface area (Å²) in [5, 5.41) is 6.65. The first-order valence-corrected chi connectivity index (χ1v) is 7.79. The van der Waals surface area contributed by atoms with Crippen LogP contribution in [0.4, 0.5) is 11.5 Å². The summed E-state index contributed by atoms with van der Waals surface area (Å²) in [6.45, 7) is 3.42. The van der Waals surface area contributed by atoms with E-state index in [9.17, 15) is 8.42 Å². The van der Waals surface area contributed by atoms with E-state index in [0.29, 0.717) is 21.5 Å². The fraction of sp³-hybridized carbons (Fsp3) is 0.200. The van der Waals surface area contributed by atoms with Crippen molar-refractivity contribution in [3.63, 3.8) is 0 Å². The number of H-pyrrole nitrogens is 1. The fourth-order valence-electron chi connectivity index (χ4n) is 1.62. The largest absolute Gasteiger partial charge is 0.307 e. The van der Waals surface area contributed by atoms with E-state index in [1.165, 1.54) is 12.3 Å². The lowest BCUT2D eigenvalue weighted by Gasteiger charge is -2.11. The molecule has 2 heterocycles. The van der Waals surface area contributed by atoms with Gasteiger partial charge in [0.25, 0.3) is 10.0 Å². The van der Waals surface area contributed by atoms with Crippen molar-refractivity contribution in [1.82, 2.24) is 15.2 Å². The van der Waals surface area contributed by atoms with Crippen molar-refractivity contribution in [3.8, 4) is 0 Å². The van der Waals surface area contributed by atoms with Gasteiger partial charge in [-0.05, 0) is 35.8 Å². The molecule has 0 aliphatic carbocycles. The molecule has 2 aromatic heterocycles. The van der Waals surface area contributed by atoms with Crippen LogP contribution in [-0.2, 0) is 10.0 Å². The number of aromatic nitrogens is 3. The topological polar surface area (TPSA) is 126 Å². The molecule has 5 N–H and O–H groups in total. The van der Waals surface area contributed by atoms with Crippen molar-refractivity contribution >= 4 is 37.5 Å². The molecular formula is C10H13BrN6O2S. The molecular weight excluding hydrogens is 348 g/mol. The van der Waals surface area contributed by atoms with Crippen molar-refractivity contribution in [2.24, 2.45) is 5.84 Å². The van der Waals surface area contributed by atoms with Crippen molar-refractivity contribution in [3.05, 3.63) is 28.1 Å². The Labute approximate surface area is 124 Å². The van der Waals surface area contributed by atoms with Gasteiger partial charge in [0.2, 0.25) is 0 Å². The van der Waals surface area contributed by atoms with Crippen LogP contribution < -0.4 is 16.0 Å². The van der Waals surface area contributed by atoms with Crippen molar-refractivity contribution in [2.45, 2.75) is 18.7 Å². The molecule has 0 saturated carbocycles. The monoisotopic (exact) mass is 360 g/mol. The van der Waals surface area contributed by atoms with E-state index in [-0.39, 0.29) is 10.7 Å². The number of hydrogen-bond donors (Lipinski definition) is 4. The molecule has 0 aliphatic rings. The van der Waals surface area contributed by atoms with Gasteiger partial charge in [-0.25, -0.2) is 19.2 Å². The van der Waals surface area contributed by atoms with Gasteiger partial charge in [0.05, 0.1) is 17.1 Å². The summed E-state index contributed by atoms with van der Waals surface area (Å²) in [6.07, 6.45) is 1.45. The van der Waals surface area contributed by atoms with Crippen molar-refractivity contribution in [2.75, 3.05) is 10.1 Å². The van der Waals surface area contributed by atoms with Gasteiger partial charge in [0.1, 0.15) is 4.90 Å². The zero-order valence-electron chi connectivity index (χ0n) is 10.7. The summed E-state index contributed by atoms with van der Waals surface area (Å²) < 4.78 is 27.9. The molecule has 2 aromatic rings. The maximum Gasteiger partial charge on any atom is 0.265 e. The lowest BCUT2D eigenvalue weighted by Crippen LogP contribution is -2.19. The van der Waals surface area contributed by atoms with Crippen LogP contribution in [0.15, 0.2) is 21.6 Å². The van der Waals surface area contributed by atoms with Gasteiger partial charge in [0.15, 0.2) is 5.82 Å². The number of halogens is 1. The number of nitrogens with zero attached hydrogens (tertiary/aromatic N) is 2. The van der Waals surface area contributed by atoms with Gasteiger partial charge >= 0.3 is 0 Å². The van der Waals surface area contributed by atoms with E-state index in [0.717, 1.165) is 0 Å². The molecule has 0 aromatic carbocycles. The summed E-state index contributed by atoms with van der Waals surface area (Å²) >= 11 is 3.18. The molecule has 0 spiro atoms. The number of aryl methyl sites for hydroxylation is 2. The van der Waals surface area contributed by atoms with Crippen LogP contribution in [0.1, 0.15) is 11.4 Å². The Morgan fingerprint density at radius 1 is 1.40 bits per heavy atom. The summed E-state index contributed by atoms with van der Waals surface area (Å²) in [5.41, 5.74) is 3.85. The van der Waals surface area contributed by atoms with Crippen molar-refractivity contribution < 1.29 is 8.42 Å². The van der Waals surface area contributed by atoms with Crippen LogP contribution in [0.2, 0.25) is 0 Å². The molecule has 8 nitrogen and oxygen atoms in total. The average Bonchev–Trinajstić information content (AvgIpc) is 2.70. The van der Waals surface area contributed by atoms with Gasteiger partial charge in [-0.15, -0.1) is 0 Å². The van der Waals surface area contributed by atoms with Gasteiger partial charge in [-0.3, -0.25) is 9.82 Å². The van der Waals surface area contributed by atoms with E-state index < -0.39 is 10.0 Å². The number of nitrogen functional groups attached to an aromatic ring is 1. The van der Waals surface area contributed by atoms with Gasteiger partial charge in [0, 0.05) is 10.7 Å². The Morgan fingerprint density at radius 2 is 2.10 bits per heavy atom. The molecule has 0 atom stereocenters. The second kappa shape index (κ2) is 5.38. The Hall–Kier alpha value is -1.65. The van der Waals surface area contributed by atoms with E-state index in [4.69, 9.17) is 5.84 Å². The quantitative estimate of drug-likeness (QED) is 0.480. The standard InChI is InChI=1S/C10H13BrN6O2S/c1-5-9(6(2)16-15-5)17-20(18,19)8-3-7(11)4-13-10(8)14-12/h3-4,17H,12H2,1-2H3,(H,13,14)(H,15,16). The fourth-order valence-corrected chi connectivity index (χ4v) is 3.44. The number of hydrazine groups is 1. The third kappa shape index (κ3) is 2.76. The first kappa shape index (κ1) is 14.8. The molecule has 20 heavy (non-hydrogen) atoms. The van der Waals surface area contributed by atoms with E-state index >= 15 is 0 Å². The highest BCUT2D eigenvalue weighted by Crippen LogP contribution is 2.26. The predicted molar refractivity (Wildman–Crippen MR) is 78.6 cm³/mol. The summed E-state index contributed by atoms with van der Waals surface area (Å²) in [4.78, 5) is 3.85. The summed E-state index contributed by atoms with van der Waals surface area (Å²) in [6, 6.07) is 1.41. The molecule has 108 valence electrons. The SMILES string of the molecule is Cc1n[nH]c(C)c1NS(=O)(=O)c1cc(Br)cnc1NN. The third-order valence-corrected chi connectivity index (χ3v) is 4.41. The smallest absolute Gasteiger partial charge is 0.265 e. The number of pyridine rings is 1. The maximum atomic E-state index is 12.4. The van der Waals surface area contributed by atoms with Crippen molar-refractivity contribution in [1.29, 1.82) is 0 Å². The number of aromatic amines is 1. The number of rotatable bonds is 4. The summed E-state index contributed by atoms with van der Waals surface area (Å²) in [5.74, 6) is 5.35. The Bertz CT molecular complexity index is 723. The first-order valence-electron chi connectivity index (χ1n) is 5.51. The zero-order valence-corrected chi connectivity index (χ0v) is 13.1. The molecule has 0 unspecified atom stereocenters. The van der Waals surface area contributed by atoms with Crippen LogP contribution in [0.5, 0.6) is 0 Å². The minimum absolute atomic E-state index is 0.0551. The molecule has 0 bridgehead atoms. The average molecular weight is 361 g/mol. The minimum atomic E-state index is -3.84. The van der Waals surface area contributed by atoms with E-state index in [1.54, 1.807) is 13.8 Å². The highest BCUT2D eigenvalue weighted by atomic mass is 79.9. The van der Waals surface area contributed by atoms with Crippen LogP contribution >= 0.6 is 15.9 Å². The Kier molecular flexibility index (Phi) is 3.97. The highest BCUT2D eigenvalue weighted by molar-refractivity contribution is 9.10. The van der Waals surface area contributed by atoms with Crippen LogP contribution in [0.25, 0.3) is 0 Å². The number of anilines is 2. The zero-order chi connectivity index (χ0) is 14.9. The molecule has 0 saturated heterocycles. The predicted octanol–water partition coefficient (Wildman–Crippen LogP) is 1.27. The molecule has 10 heteroatoms. The van der Waals surface area contributed by atoms with Crippen LogP contribution in [0, 0.1) is 13.8 Å². The van der Waals surface area contributed by atoms with Crippen LogP contribution in [0.3, 0.4) is 0 Å². The minimum Gasteiger partial charge on any atom is -0.307 e. The third-order valence-electron chi connectivity index (χ3n) is 2.61. The van der Waals surface area contributed by atoms with Gasteiger partial charge in [-0.1, -0.05) is 0 Å². The maximum absolute atomic E-state index is 12.4. The first-order chi connectivity index (χ1) is 9.35. The molecule has 0 fully saturated rings. The highest BCUT2D eigenvalue weighted by Gasteiger charge is 2.22. The Morgan fingerprint density at radius 3 is 2.65 bits per heavy atom. The van der Waals surface area contributed by atoms with Gasteiger partial charge < -0.3 is 5.43 Å². The Balaban J connectivity index is 2.48. The van der Waals surface area contributed by atoms with Gasteiger partial charge in [-0.2, -0.15) is 5.10 Å². The van der Waals surface area contributed by atoms with Crippen LogP contribution in [-0.4, -0.2) is 23.6 Å². The molecule has 0 radical (unpaired) electrons. The lowest BCUT2D eigenvalue weighted by molar-refractivity contribution is 0.601. The second-order valence-electron chi connectivity index (χ2n) is 4.06. The lowest BCUT2D eigenvalue weighted by atomic mass is 10.3. The van der Waals surface area contributed by atoms with E-state index in [2.05, 4.69) is 41.3 Å². The number of sulfonamides is 1. The molecule has 2 rings (SSSR count). The van der Waals surface area contributed by atoms with E-state index in [1.807, 2.05) is 0 Å². The molecule has 0 amide bonds. The number of nitrogens with one attached hydrogen (secondary N) is 3. The second-order valence-corrected chi connectivity index (χ2v) is 6.63. The summed E-state index contributed by atoms with van der Waals surface area (Å²) in [7, 11) is -3.84. The number of hydrogen-bond acceptors (Lipinski definition) is 6.